The maximum atomic E-state index is 5.42. The van der Waals surface area contributed by atoms with E-state index >= 15 is 0 Å². The number of aromatic nitrogens is 1. The summed E-state index contributed by atoms with van der Waals surface area (Å²) >= 11 is 0. The zero-order valence-corrected chi connectivity index (χ0v) is 11.9. The van der Waals surface area contributed by atoms with Gasteiger partial charge in [0.2, 0.25) is 0 Å². The Bertz CT molecular complexity index is 390. The van der Waals surface area contributed by atoms with E-state index in [0.717, 1.165) is 24.5 Å². The van der Waals surface area contributed by atoms with Gasteiger partial charge in [0.1, 0.15) is 5.75 Å². The lowest BCUT2D eigenvalue weighted by Gasteiger charge is -2.40. The van der Waals surface area contributed by atoms with Crippen LogP contribution in [0.3, 0.4) is 0 Å². The van der Waals surface area contributed by atoms with Crippen molar-refractivity contribution in [3.63, 3.8) is 0 Å². The van der Waals surface area contributed by atoms with Gasteiger partial charge in [0.15, 0.2) is 0 Å². The molecule has 0 amide bonds. The number of ether oxygens (including phenoxy) is 1. The SMILES string of the molecule is COc1cccnc1C1CCN(C(C)(C)C)CC1. The van der Waals surface area contributed by atoms with Crippen LogP contribution in [0.5, 0.6) is 5.75 Å². The molecule has 0 bridgehead atoms. The van der Waals surface area contributed by atoms with Crippen LogP contribution in [0.15, 0.2) is 18.3 Å². The summed E-state index contributed by atoms with van der Waals surface area (Å²) in [5.41, 5.74) is 1.41. The molecule has 3 heteroatoms. The normalized spacial score (nSPS) is 18.9. The molecule has 1 saturated heterocycles. The lowest BCUT2D eigenvalue weighted by molar-refractivity contribution is 0.101. The summed E-state index contributed by atoms with van der Waals surface area (Å²) < 4.78 is 5.42. The minimum absolute atomic E-state index is 0.277. The van der Waals surface area contributed by atoms with Crippen LogP contribution in [0.4, 0.5) is 0 Å². The van der Waals surface area contributed by atoms with Crippen LogP contribution < -0.4 is 4.74 Å². The third-order valence-electron chi connectivity index (χ3n) is 3.85. The molecule has 1 aliphatic rings. The molecule has 0 saturated carbocycles. The molecule has 0 N–H and O–H groups in total. The molecule has 3 nitrogen and oxygen atoms in total. The summed E-state index contributed by atoms with van der Waals surface area (Å²) in [6.45, 7) is 9.15. The summed E-state index contributed by atoms with van der Waals surface area (Å²) in [4.78, 5) is 7.07. The lowest BCUT2D eigenvalue weighted by atomic mass is 9.90. The molecular formula is C15H24N2O. The second kappa shape index (κ2) is 5.27. The fourth-order valence-electron chi connectivity index (χ4n) is 2.71. The Hall–Kier alpha value is -1.09. The average Bonchev–Trinajstić information content (AvgIpc) is 2.38. The van der Waals surface area contributed by atoms with Crippen molar-refractivity contribution in [2.75, 3.05) is 20.2 Å². The van der Waals surface area contributed by atoms with Gasteiger partial charge in [0, 0.05) is 17.7 Å². The Labute approximate surface area is 110 Å². The smallest absolute Gasteiger partial charge is 0.140 e. The second-order valence-electron chi connectivity index (χ2n) is 6.02. The van der Waals surface area contributed by atoms with E-state index in [4.69, 9.17) is 4.74 Å². The number of likely N-dealkylation sites (tertiary alicyclic amines) is 1. The van der Waals surface area contributed by atoms with Gasteiger partial charge in [-0.2, -0.15) is 0 Å². The molecule has 2 heterocycles. The van der Waals surface area contributed by atoms with Crippen LogP contribution >= 0.6 is 0 Å². The number of pyridine rings is 1. The first-order valence-electron chi connectivity index (χ1n) is 6.76. The Morgan fingerprint density at radius 3 is 2.50 bits per heavy atom. The minimum Gasteiger partial charge on any atom is -0.495 e. The summed E-state index contributed by atoms with van der Waals surface area (Å²) in [5, 5.41) is 0. The third-order valence-corrected chi connectivity index (χ3v) is 3.85. The van der Waals surface area contributed by atoms with Crippen LogP contribution in [0.1, 0.15) is 45.2 Å². The topological polar surface area (TPSA) is 25.4 Å². The third kappa shape index (κ3) is 2.83. The monoisotopic (exact) mass is 248 g/mol. The van der Waals surface area contributed by atoms with Gasteiger partial charge in [-0.3, -0.25) is 9.88 Å². The highest BCUT2D eigenvalue weighted by Gasteiger charge is 2.29. The van der Waals surface area contributed by atoms with E-state index in [1.807, 2.05) is 18.3 Å². The molecule has 0 unspecified atom stereocenters. The molecule has 2 rings (SSSR count). The quantitative estimate of drug-likeness (QED) is 0.804. The molecular weight excluding hydrogens is 224 g/mol. The van der Waals surface area contributed by atoms with Gasteiger partial charge in [-0.05, 0) is 58.8 Å². The van der Waals surface area contributed by atoms with E-state index in [-0.39, 0.29) is 5.54 Å². The molecule has 0 aliphatic carbocycles. The number of nitrogens with zero attached hydrogens (tertiary/aromatic N) is 2. The summed E-state index contributed by atoms with van der Waals surface area (Å²) in [5.74, 6) is 1.48. The largest absolute Gasteiger partial charge is 0.495 e. The molecule has 18 heavy (non-hydrogen) atoms. The number of rotatable bonds is 2. The highest BCUT2D eigenvalue weighted by molar-refractivity contribution is 5.30. The number of hydrogen-bond donors (Lipinski definition) is 0. The van der Waals surface area contributed by atoms with Gasteiger partial charge in [-0.25, -0.2) is 0 Å². The lowest BCUT2D eigenvalue weighted by Crippen LogP contribution is -2.45. The highest BCUT2D eigenvalue weighted by atomic mass is 16.5. The van der Waals surface area contributed by atoms with Gasteiger partial charge in [-0.15, -0.1) is 0 Å². The predicted molar refractivity (Wildman–Crippen MR) is 74.1 cm³/mol. The molecule has 0 spiro atoms. The first kappa shape index (κ1) is 13.3. The Balaban J connectivity index is 2.06. The fourth-order valence-corrected chi connectivity index (χ4v) is 2.71. The van der Waals surface area contributed by atoms with Gasteiger partial charge in [0.05, 0.1) is 12.8 Å². The fraction of sp³-hybridized carbons (Fsp3) is 0.667. The van der Waals surface area contributed by atoms with Gasteiger partial charge in [0.25, 0.3) is 0 Å². The standard InChI is InChI=1S/C15H24N2O/c1-15(2,3)17-10-7-12(8-11-17)14-13(18-4)6-5-9-16-14/h5-6,9,12H,7-8,10-11H2,1-4H3. The van der Waals surface area contributed by atoms with Crippen molar-refractivity contribution >= 4 is 0 Å². The summed E-state index contributed by atoms with van der Waals surface area (Å²) in [6.07, 6.45) is 4.21. The molecule has 1 fully saturated rings. The molecule has 0 aromatic carbocycles. The van der Waals surface area contributed by atoms with E-state index < -0.39 is 0 Å². The average molecular weight is 248 g/mol. The first-order valence-corrected chi connectivity index (χ1v) is 6.76. The van der Waals surface area contributed by atoms with E-state index in [1.165, 1.54) is 12.8 Å². The van der Waals surface area contributed by atoms with Crippen LogP contribution in [0.2, 0.25) is 0 Å². The summed E-state index contributed by atoms with van der Waals surface area (Å²) in [6, 6.07) is 3.95. The predicted octanol–water partition coefficient (Wildman–Crippen LogP) is 3.07. The van der Waals surface area contributed by atoms with Crippen LogP contribution in [-0.4, -0.2) is 35.6 Å². The number of hydrogen-bond acceptors (Lipinski definition) is 3. The van der Waals surface area contributed by atoms with Crippen molar-refractivity contribution in [2.45, 2.75) is 45.1 Å². The number of methoxy groups -OCH3 is 1. The van der Waals surface area contributed by atoms with Crippen LogP contribution in [-0.2, 0) is 0 Å². The second-order valence-corrected chi connectivity index (χ2v) is 6.02. The van der Waals surface area contributed by atoms with Crippen molar-refractivity contribution in [3.05, 3.63) is 24.0 Å². The zero-order valence-electron chi connectivity index (χ0n) is 11.9. The molecule has 1 aromatic rings. The van der Waals surface area contributed by atoms with E-state index in [9.17, 15) is 0 Å². The van der Waals surface area contributed by atoms with Crippen molar-refractivity contribution < 1.29 is 4.74 Å². The molecule has 100 valence electrons. The van der Waals surface area contributed by atoms with Gasteiger partial charge < -0.3 is 4.74 Å². The Kier molecular flexibility index (Phi) is 3.91. The van der Waals surface area contributed by atoms with Crippen molar-refractivity contribution in [1.29, 1.82) is 0 Å². The molecule has 0 atom stereocenters. The molecule has 0 radical (unpaired) electrons. The Morgan fingerprint density at radius 1 is 1.28 bits per heavy atom. The highest BCUT2D eigenvalue weighted by Crippen LogP contribution is 2.34. The molecule has 1 aromatic heterocycles. The Morgan fingerprint density at radius 2 is 1.94 bits per heavy atom. The van der Waals surface area contributed by atoms with Gasteiger partial charge >= 0.3 is 0 Å². The van der Waals surface area contributed by atoms with Crippen molar-refractivity contribution in [1.82, 2.24) is 9.88 Å². The number of piperidine rings is 1. The minimum atomic E-state index is 0.277. The van der Waals surface area contributed by atoms with Gasteiger partial charge in [-0.1, -0.05) is 0 Å². The first-order chi connectivity index (χ1) is 8.52. The molecule has 1 aliphatic heterocycles. The van der Waals surface area contributed by atoms with Crippen LogP contribution in [0.25, 0.3) is 0 Å². The zero-order chi connectivity index (χ0) is 13.2. The maximum absolute atomic E-state index is 5.42. The van der Waals surface area contributed by atoms with E-state index in [1.54, 1.807) is 7.11 Å². The van der Waals surface area contributed by atoms with E-state index in [0.29, 0.717) is 5.92 Å². The van der Waals surface area contributed by atoms with Crippen molar-refractivity contribution in [3.8, 4) is 5.75 Å². The van der Waals surface area contributed by atoms with Crippen LogP contribution in [0, 0.1) is 0 Å². The summed E-state index contributed by atoms with van der Waals surface area (Å²) in [7, 11) is 1.73. The maximum Gasteiger partial charge on any atom is 0.140 e. The van der Waals surface area contributed by atoms with E-state index in [2.05, 4.69) is 30.7 Å². The van der Waals surface area contributed by atoms with Crippen molar-refractivity contribution in [2.24, 2.45) is 0 Å².